The third kappa shape index (κ3) is 2.93. The number of ether oxygens (including phenoxy) is 1. The van der Waals surface area contributed by atoms with Crippen molar-refractivity contribution in [2.24, 2.45) is 0 Å². The van der Waals surface area contributed by atoms with Crippen molar-refractivity contribution < 1.29 is 4.74 Å². The van der Waals surface area contributed by atoms with Crippen LogP contribution in [0.5, 0.6) is 11.5 Å². The zero-order valence-electron chi connectivity index (χ0n) is 20.5. The fourth-order valence-electron chi connectivity index (χ4n) is 5.50. The Morgan fingerprint density at radius 1 is 0.939 bits per heavy atom. The predicted molar refractivity (Wildman–Crippen MR) is 146 cm³/mol. The van der Waals surface area contributed by atoms with Gasteiger partial charge in [-0.15, -0.1) is 11.3 Å². The predicted octanol–water partition coefficient (Wildman–Crippen LogP) is 5.99. The average molecular weight is 451 g/mol. The monoisotopic (exact) mass is 451 g/mol. The number of hydrogen-bond donors (Lipinski definition) is 0. The number of hydrogen-bond acceptors (Lipinski definition) is 3. The molecular formula is C29H30BNOS. The van der Waals surface area contributed by atoms with Crippen molar-refractivity contribution in [2.75, 3.05) is 19.0 Å². The molecule has 3 heterocycles. The number of para-hydroxylation sites is 1. The second-order valence-electron chi connectivity index (χ2n) is 11.1. The smallest absolute Gasteiger partial charge is 0.252 e. The van der Waals surface area contributed by atoms with Gasteiger partial charge in [0.15, 0.2) is 0 Å². The van der Waals surface area contributed by atoms with E-state index in [-0.39, 0.29) is 12.1 Å². The summed E-state index contributed by atoms with van der Waals surface area (Å²) in [6.45, 7) is 11.8. The van der Waals surface area contributed by atoms with E-state index in [2.05, 4.69) is 102 Å². The molecule has 0 saturated carbocycles. The van der Waals surface area contributed by atoms with Crippen molar-refractivity contribution in [3.63, 3.8) is 0 Å². The van der Waals surface area contributed by atoms with E-state index in [1.165, 1.54) is 53.7 Å². The normalized spacial score (nSPS) is 13.8. The molecule has 0 atom stereocenters. The number of rotatable bonds is 2. The lowest BCUT2D eigenvalue weighted by Gasteiger charge is -2.34. The molecule has 6 rings (SSSR count). The van der Waals surface area contributed by atoms with Gasteiger partial charge in [0.25, 0.3) is 6.71 Å². The van der Waals surface area contributed by atoms with Crippen LogP contribution < -0.4 is 26.0 Å². The fourth-order valence-corrected chi connectivity index (χ4v) is 6.85. The summed E-state index contributed by atoms with van der Waals surface area (Å²) in [5, 5.41) is 1.45. The summed E-state index contributed by atoms with van der Waals surface area (Å²) in [5.41, 5.74) is 9.49. The zero-order chi connectivity index (χ0) is 23.2. The van der Waals surface area contributed by atoms with Gasteiger partial charge in [0.2, 0.25) is 0 Å². The standard InChI is InChI=1S/C29H30BNOS/c1-16(2)17-12-21-26-24(13-17)33-28(29(3,4)5)25(26)19-14-18(31(6)7)15-23-27(19)30(21)20-10-8-9-11-22(20)32-23/h8-16H,1-7H3. The lowest BCUT2D eigenvalue weighted by atomic mass is 9.33. The topological polar surface area (TPSA) is 12.5 Å². The Morgan fingerprint density at radius 3 is 2.39 bits per heavy atom. The molecule has 0 radical (unpaired) electrons. The maximum absolute atomic E-state index is 6.58. The third-order valence-corrected chi connectivity index (χ3v) is 8.72. The Bertz CT molecular complexity index is 1440. The molecule has 1 aromatic heterocycles. The van der Waals surface area contributed by atoms with E-state index in [9.17, 15) is 0 Å². The molecule has 0 aliphatic carbocycles. The first-order valence-electron chi connectivity index (χ1n) is 11.9. The van der Waals surface area contributed by atoms with Crippen LogP contribution in [0.4, 0.5) is 5.69 Å². The highest BCUT2D eigenvalue weighted by atomic mass is 32.1. The Balaban J connectivity index is 1.82. The maximum atomic E-state index is 6.58. The molecule has 2 aliphatic rings. The average Bonchev–Trinajstić information content (AvgIpc) is 3.16. The van der Waals surface area contributed by atoms with Gasteiger partial charge in [0.1, 0.15) is 11.5 Å². The van der Waals surface area contributed by atoms with Crippen molar-refractivity contribution in [1.82, 2.24) is 0 Å². The summed E-state index contributed by atoms with van der Waals surface area (Å²) in [6.07, 6.45) is 0. The van der Waals surface area contributed by atoms with Gasteiger partial charge in [-0.25, -0.2) is 0 Å². The first-order valence-corrected chi connectivity index (χ1v) is 12.7. The van der Waals surface area contributed by atoms with Crippen LogP contribution in [-0.2, 0) is 5.41 Å². The van der Waals surface area contributed by atoms with E-state index in [1.807, 2.05) is 11.3 Å². The molecule has 0 fully saturated rings. The molecule has 0 unspecified atom stereocenters. The number of thiophene rings is 1. The van der Waals surface area contributed by atoms with E-state index in [0.29, 0.717) is 5.92 Å². The molecule has 0 spiro atoms. The summed E-state index contributed by atoms with van der Waals surface area (Å²) >= 11 is 1.98. The first-order chi connectivity index (χ1) is 15.6. The van der Waals surface area contributed by atoms with Crippen LogP contribution >= 0.6 is 11.3 Å². The number of nitrogens with zero attached hydrogens (tertiary/aromatic N) is 1. The SMILES string of the molecule is CC(C)c1cc2c3c(c(C(C)(C)C)sc3c1)-c1cc(N(C)C)cc3c1B2c1ccccc1O3. The van der Waals surface area contributed by atoms with Crippen molar-refractivity contribution >= 4 is 50.2 Å². The van der Waals surface area contributed by atoms with E-state index in [0.717, 1.165) is 11.5 Å². The largest absolute Gasteiger partial charge is 0.458 e. The van der Waals surface area contributed by atoms with Crippen molar-refractivity contribution in [1.29, 1.82) is 0 Å². The van der Waals surface area contributed by atoms with Crippen LogP contribution in [0.25, 0.3) is 21.2 Å². The molecule has 0 saturated heterocycles. The minimum absolute atomic E-state index is 0.0650. The number of anilines is 1. The molecule has 4 heteroatoms. The minimum Gasteiger partial charge on any atom is -0.458 e. The van der Waals surface area contributed by atoms with Gasteiger partial charge in [0.05, 0.1) is 0 Å². The van der Waals surface area contributed by atoms with Gasteiger partial charge in [-0.2, -0.15) is 0 Å². The summed E-state index contributed by atoms with van der Waals surface area (Å²) in [7, 11) is 4.23. The molecule has 4 aromatic rings. The Hall–Kier alpha value is -2.72. The lowest BCUT2D eigenvalue weighted by molar-refractivity contribution is 0.487. The number of benzene rings is 3. The highest BCUT2D eigenvalue weighted by molar-refractivity contribution is 7.20. The lowest BCUT2D eigenvalue weighted by Crippen LogP contribution is -2.57. The fraction of sp³-hybridized carbons (Fsp3) is 0.310. The summed E-state index contributed by atoms with van der Waals surface area (Å²) in [6, 6.07) is 18.1. The van der Waals surface area contributed by atoms with Crippen LogP contribution in [0.2, 0.25) is 0 Å². The summed E-state index contributed by atoms with van der Waals surface area (Å²) in [4.78, 5) is 3.66. The van der Waals surface area contributed by atoms with Gasteiger partial charge in [-0.1, -0.05) is 64.3 Å². The molecule has 3 aromatic carbocycles. The van der Waals surface area contributed by atoms with Crippen LogP contribution in [0.1, 0.15) is 51.0 Å². The second kappa shape index (κ2) is 6.90. The quantitative estimate of drug-likeness (QED) is 0.300. The Labute approximate surface area is 201 Å². The van der Waals surface area contributed by atoms with Crippen molar-refractivity contribution in [3.8, 4) is 22.6 Å². The molecule has 2 nitrogen and oxygen atoms in total. The maximum Gasteiger partial charge on any atom is 0.252 e. The second-order valence-corrected chi connectivity index (χ2v) is 12.1. The van der Waals surface area contributed by atoms with Crippen molar-refractivity contribution in [2.45, 2.75) is 46.0 Å². The molecule has 33 heavy (non-hydrogen) atoms. The Kier molecular flexibility index (Phi) is 4.36. The van der Waals surface area contributed by atoms with E-state index >= 15 is 0 Å². The first kappa shape index (κ1) is 20.9. The van der Waals surface area contributed by atoms with Gasteiger partial charge < -0.3 is 9.64 Å². The zero-order valence-corrected chi connectivity index (χ0v) is 21.4. The third-order valence-electron chi connectivity index (χ3n) is 7.15. The van der Waals surface area contributed by atoms with Crippen LogP contribution in [-0.4, -0.2) is 20.8 Å². The highest BCUT2D eigenvalue weighted by Crippen LogP contribution is 2.48. The van der Waals surface area contributed by atoms with Gasteiger partial charge in [-0.05, 0) is 57.0 Å². The van der Waals surface area contributed by atoms with E-state index < -0.39 is 0 Å². The molecular weight excluding hydrogens is 421 g/mol. The highest BCUT2D eigenvalue weighted by Gasteiger charge is 2.42. The van der Waals surface area contributed by atoms with Crippen LogP contribution in [0.15, 0.2) is 48.5 Å². The molecule has 0 amide bonds. The van der Waals surface area contributed by atoms with Gasteiger partial charge >= 0.3 is 0 Å². The number of fused-ring (bicyclic) bond motifs is 4. The van der Waals surface area contributed by atoms with Gasteiger partial charge in [0, 0.05) is 41.0 Å². The molecule has 2 aliphatic heterocycles. The summed E-state index contributed by atoms with van der Waals surface area (Å²) < 4.78 is 8.00. The molecule has 0 bridgehead atoms. The van der Waals surface area contributed by atoms with Crippen LogP contribution in [0, 0.1) is 0 Å². The molecule has 0 N–H and O–H groups in total. The van der Waals surface area contributed by atoms with E-state index in [4.69, 9.17) is 4.74 Å². The van der Waals surface area contributed by atoms with Crippen molar-refractivity contribution in [3.05, 3.63) is 59.0 Å². The van der Waals surface area contributed by atoms with Gasteiger partial charge in [-0.3, -0.25) is 0 Å². The Morgan fingerprint density at radius 2 is 1.70 bits per heavy atom. The summed E-state index contributed by atoms with van der Waals surface area (Å²) in [5.74, 6) is 2.47. The van der Waals surface area contributed by atoms with E-state index in [1.54, 1.807) is 0 Å². The minimum atomic E-state index is 0.0650. The molecule has 166 valence electrons. The van der Waals surface area contributed by atoms with Crippen LogP contribution in [0.3, 0.4) is 0 Å².